The molecule has 1 amide bonds. The zero-order valence-electron chi connectivity index (χ0n) is 13.0. The van der Waals surface area contributed by atoms with E-state index in [1.807, 2.05) is 35.2 Å². The first-order valence-corrected chi connectivity index (χ1v) is 8.89. The van der Waals surface area contributed by atoms with Crippen LogP contribution in [0.1, 0.15) is 19.4 Å². The summed E-state index contributed by atoms with van der Waals surface area (Å²) < 4.78 is 25.9. The van der Waals surface area contributed by atoms with Crippen LogP contribution in [0.2, 0.25) is 0 Å². The summed E-state index contributed by atoms with van der Waals surface area (Å²) in [5.74, 6) is -0.486. The number of primary amides is 1. The van der Waals surface area contributed by atoms with Gasteiger partial charge >= 0.3 is 0 Å². The van der Waals surface area contributed by atoms with Crippen LogP contribution in [0.25, 0.3) is 0 Å². The van der Waals surface area contributed by atoms with Crippen molar-refractivity contribution in [2.75, 3.05) is 19.6 Å². The third-order valence-electron chi connectivity index (χ3n) is 3.97. The van der Waals surface area contributed by atoms with Crippen molar-refractivity contribution in [2.45, 2.75) is 31.7 Å². The highest BCUT2D eigenvalue weighted by Crippen LogP contribution is 2.18. The molecule has 1 saturated heterocycles. The Morgan fingerprint density at radius 2 is 1.91 bits per heavy atom. The van der Waals surface area contributed by atoms with Gasteiger partial charge in [-0.25, -0.2) is 8.42 Å². The Kier molecular flexibility index (Phi) is 5.20. The minimum absolute atomic E-state index is 0.128. The number of piperazine rings is 1. The van der Waals surface area contributed by atoms with E-state index in [-0.39, 0.29) is 6.54 Å². The standard InChI is InChI=1S/C15H23N3O3S/c1-12(2)22(20,21)18-9-8-17(14(11-18)15(16)19)10-13-6-4-3-5-7-13/h3-7,12,14H,8-11H2,1-2H3,(H2,16,19)/t14-/m0/s1. The highest BCUT2D eigenvalue weighted by Gasteiger charge is 2.37. The Bertz CT molecular complexity index is 616. The second-order valence-corrected chi connectivity index (χ2v) is 8.32. The van der Waals surface area contributed by atoms with Gasteiger partial charge in [0.15, 0.2) is 0 Å². The van der Waals surface area contributed by atoms with Crippen molar-refractivity contribution >= 4 is 15.9 Å². The molecular formula is C15H23N3O3S. The smallest absolute Gasteiger partial charge is 0.236 e. The number of nitrogens with zero attached hydrogens (tertiary/aromatic N) is 2. The van der Waals surface area contributed by atoms with Crippen molar-refractivity contribution in [1.29, 1.82) is 0 Å². The quantitative estimate of drug-likeness (QED) is 0.849. The minimum atomic E-state index is -3.36. The lowest BCUT2D eigenvalue weighted by Gasteiger charge is -2.39. The molecule has 0 bridgehead atoms. The highest BCUT2D eigenvalue weighted by molar-refractivity contribution is 7.89. The van der Waals surface area contributed by atoms with Gasteiger partial charge in [-0.2, -0.15) is 4.31 Å². The normalized spacial score (nSPS) is 21.1. The third-order valence-corrected chi connectivity index (χ3v) is 6.21. The van der Waals surface area contributed by atoms with E-state index >= 15 is 0 Å². The van der Waals surface area contributed by atoms with Crippen molar-refractivity contribution in [3.05, 3.63) is 35.9 Å². The first-order valence-electron chi connectivity index (χ1n) is 7.38. The van der Waals surface area contributed by atoms with Gasteiger partial charge in [0.05, 0.1) is 5.25 Å². The number of benzene rings is 1. The van der Waals surface area contributed by atoms with Gasteiger partial charge in [0.1, 0.15) is 6.04 Å². The lowest BCUT2D eigenvalue weighted by molar-refractivity contribution is -0.124. The number of hydrogen-bond donors (Lipinski definition) is 1. The third kappa shape index (κ3) is 3.66. The summed E-state index contributed by atoms with van der Waals surface area (Å²) in [6.07, 6.45) is 0. The zero-order chi connectivity index (χ0) is 16.3. The van der Waals surface area contributed by atoms with E-state index in [1.54, 1.807) is 13.8 Å². The fraction of sp³-hybridized carbons (Fsp3) is 0.533. The molecule has 1 aromatic rings. The van der Waals surface area contributed by atoms with Crippen LogP contribution >= 0.6 is 0 Å². The van der Waals surface area contributed by atoms with Crippen molar-refractivity contribution in [3.63, 3.8) is 0 Å². The lowest BCUT2D eigenvalue weighted by Crippen LogP contribution is -2.59. The van der Waals surface area contributed by atoms with Crippen molar-refractivity contribution in [3.8, 4) is 0 Å². The molecule has 122 valence electrons. The van der Waals surface area contributed by atoms with Crippen molar-refractivity contribution in [2.24, 2.45) is 5.73 Å². The molecule has 1 aromatic carbocycles. The van der Waals surface area contributed by atoms with Crippen molar-refractivity contribution < 1.29 is 13.2 Å². The van der Waals surface area contributed by atoms with Gasteiger partial charge in [0.25, 0.3) is 0 Å². The molecule has 22 heavy (non-hydrogen) atoms. The fourth-order valence-electron chi connectivity index (χ4n) is 2.60. The zero-order valence-corrected chi connectivity index (χ0v) is 13.8. The Morgan fingerprint density at radius 3 is 2.45 bits per heavy atom. The number of hydrogen-bond acceptors (Lipinski definition) is 4. The monoisotopic (exact) mass is 325 g/mol. The number of amides is 1. The van der Waals surface area contributed by atoms with Crippen LogP contribution in [0.4, 0.5) is 0 Å². The molecule has 0 saturated carbocycles. The Morgan fingerprint density at radius 1 is 1.27 bits per heavy atom. The van der Waals surface area contributed by atoms with E-state index in [9.17, 15) is 13.2 Å². The maximum absolute atomic E-state index is 12.3. The lowest BCUT2D eigenvalue weighted by atomic mass is 10.1. The second-order valence-electron chi connectivity index (χ2n) is 5.83. The van der Waals surface area contributed by atoms with Crippen LogP contribution in [0.3, 0.4) is 0 Å². The van der Waals surface area contributed by atoms with E-state index in [0.29, 0.717) is 19.6 Å². The predicted octanol–water partition coefficient (Wildman–Crippen LogP) is 0.396. The molecule has 1 aliphatic rings. The second kappa shape index (κ2) is 6.76. The summed E-state index contributed by atoms with van der Waals surface area (Å²) in [6, 6.07) is 9.18. The van der Waals surface area contributed by atoms with Gasteiger partial charge in [-0.05, 0) is 19.4 Å². The van der Waals surface area contributed by atoms with Gasteiger partial charge in [-0.15, -0.1) is 0 Å². The predicted molar refractivity (Wildman–Crippen MR) is 85.5 cm³/mol. The van der Waals surface area contributed by atoms with Crippen LogP contribution in [0.5, 0.6) is 0 Å². The van der Waals surface area contributed by atoms with Gasteiger partial charge < -0.3 is 5.73 Å². The molecule has 0 aromatic heterocycles. The molecule has 2 rings (SSSR count). The number of nitrogens with two attached hydrogens (primary N) is 1. The molecule has 1 atom stereocenters. The minimum Gasteiger partial charge on any atom is -0.368 e. The topological polar surface area (TPSA) is 83.7 Å². The summed E-state index contributed by atoms with van der Waals surface area (Å²) in [5.41, 5.74) is 6.57. The highest BCUT2D eigenvalue weighted by atomic mass is 32.2. The molecule has 0 aliphatic carbocycles. The van der Waals surface area contributed by atoms with Crippen LogP contribution in [0, 0.1) is 0 Å². The first kappa shape index (κ1) is 16.9. The molecule has 0 unspecified atom stereocenters. The number of sulfonamides is 1. The summed E-state index contributed by atoms with van der Waals surface area (Å²) in [7, 11) is -3.36. The van der Waals surface area contributed by atoms with E-state index < -0.39 is 27.2 Å². The summed E-state index contributed by atoms with van der Waals surface area (Å²) in [6.45, 7) is 4.88. The fourth-order valence-corrected chi connectivity index (χ4v) is 3.88. The average Bonchev–Trinajstić information content (AvgIpc) is 2.48. The summed E-state index contributed by atoms with van der Waals surface area (Å²) >= 11 is 0. The van der Waals surface area contributed by atoms with E-state index in [4.69, 9.17) is 5.73 Å². The summed E-state index contributed by atoms with van der Waals surface area (Å²) in [4.78, 5) is 13.7. The number of carbonyl (C=O) groups excluding carboxylic acids is 1. The molecule has 0 radical (unpaired) electrons. The van der Waals surface area contributed by atoms with Crippen LogP contribution in [0.15, 0.2) is 30.3 Å². The van der Waals surface area contributed by atoms with Gasteiger partial charge in [0.2, 0.25) is 15.9 Å². The number of rotatable bonds is 5. The molecule has 1 heterocycles. The molecule has 6 nitrogen and oxygen atoms in total. The first-order chi connectivity index (χ1) is 10.3. The van der Waals surface area contributed by atoms with E-state index in [1.165, 1.54) is 4.31 Å². The maximum Gasteiger partial charge on any atom is 0.236 e. The van der Waals surface area contributed by atoms with E-state index in [0.717, 1.165) is 5.56 Å². The molecular weight excluding hydrogens is 302 g/mol. The molecule has 1 fully saturated rings. The van der Waals surface area contributed by atoms with Gasteiger partial charge in [0, 0.05) is 26.2 Å². The summed E-state index contributed by atoms with van der Waals surface area (Å²) in [5, 5.41) is -0.498. The van der Waals surface area contributed by atoms with Crippen molar-refractivity contribution in [1.82, 2.24) is 9.21 Å². The van der Waals surface area contributed by atoms with Gasteiger partial charge in [-0.1, -0.05) is 30.3 Å². The Hall–Kier alpha value is -1.44. The number of carbonyl (C=O) groups is 1. The Balaban J connectivity index is 2.14. The van der Waals surface area contributed by atoms with Crippen LogP contribution in [-0.4, -0.2) is 54.5 Å². The van der Waals surface area contributed by atoms with Crippen LogP contribution in [-0.2, 0) is 21.4 Å². The molecule has 7 heteroatoms. The average molecular weight is 325 g/mol. The molecule has 0 spiro atoms. The SMILES string of the molecule is CC(C)S(=O)(=O)N1CCN(Cc2ccccc2)[C@H](C(N)=O)C1. The largest absolute Gasteiger partial charge is 0.368 e. The molecule has 2 N–H and O–H groups in total. The van der Waals surface area contributed by atoms with Crippen LogP contribution < -0.4 is 5.73 Å². The molecule has 1 aliphatic heterocycles. The maximum atomic E-state index is 12.3. The Labute approximate surface area is 131 Å². The van der Waals surface area contributed by atoms with E-state index in [2.05, 4.69) is 0 Å². The van der Waals surface area contributed by atoms with Gasteiger partial charge in [-0.3, -0.25) is 9.69 Å².